The second-order valence-electron chi connectivity index (χ2n) is 8.03. The molecule has 4 rings (SSSR count). The van der Waals surface area contributed by atoms with Gasteiger partial charge in [0, 0.05) is 23.5 Å². The first kappa shape index (κ1) is 28.8. The Morgan fingerprint density at radius 3 is 2.38 bits per heavy atom. The van der Waals surface area contributed by atoms with Crippen molar-refractivity contribution < 1.29 is 71.7 Å². The van der Waals surface area contributed by atoms with Crippen LogP contribution >= 0.6 is 11.8 Å². The van der Waals surface area contributed by atoms with Gasteiger partial charge in [-0.1, -0.05) is 30.3 Å². The second kappa shape index (κ2) is 11.3. The number of carbonyl (C=O) groups excluding carboxylic acids is 2. The number of nitrogens with zero attached hydrogens (tertiary/aromatic N) is 2. The van der Waals surface area contributed by atoms with E-state index in [0.29, 0.717) is 5.57 Å². The van der Waals surface area contributed by atoms with Crippen LogP contribution in [0.2, 0.25) is 0 Å². The number of hydrogen-bond donors (Lipinski definition) is 3. The van der Waals surface area contributed by atoms with E-state index >= 15 is 0 Å². The van der Waals surface area contributed by atoms with Crippen LogP contribution in [0.4, 0.5) is 0 Å². The van der Waals surface area contributed by atoms with Gasteiger partial charge in [-0.05, 0) is 17.0 Å². The molecule has 188 valence electrons. The van der Waals surface area contributed by atoms with Crippen LogP contribution in [0.15, 0.2) is 66.1 Å². The largest absolute Gasteiger partial charge is 1.00 e. The van der Waals surface area contributed by atoms with Gasteiger partial charge >= 0.3 is 35.5 Å². The van der Waals surface area contributed by atoms with Gasteiger partial charge in [-0.15, -0.1) is 11.8 Å². The molecule has 1 aromatic carbocycles. The topological polar surface area (TPSA) is 195 Å². The van der Waals surface area contributed by atoms with Gasteiger partial charge in [-0.25, -0.2) is 17.8 Å². The predicted octanol–water partition coefficient (Wildman–Crippen LogP) is -4.31. The third kappa shape index (κ3) is 5.89. The average Bonchev–Trinajstić information content (AvgIpc) is 2.82. The number of fused-ring (bicyclic) bond motifs is 1. The standard InChI is InChI=1S/C22H20N4O8S2.Na/c23-18(27)13-6-8-25(9-7-13)10-14-11-35-21-15(20(29)26(21)16(14)22(30)31)24-19(28)17(36(32,33)34)12-4-2-1-3-5-12;/h1-9,15,17,21H,10-11H2,(H4-,23,24,27,28,30,31,32,33,34);/q;+1/p-1/t15-,17-,21-;/m1./s1. The summed E-state index contributed by atoms with van der Waals surface area (Å²) in [6, 6.07) is 8.77. The van der Waals surface area contributed by atoms with E-state index in [1.54, 1.807) is 10.6 Å². The van der Waals surface area contributed by atoms with Gasteiger partial charge in [0.2, 0.25) is 5.91 Å². The number of nitrogens with one attached hydrogen (secondary N) is 2. The molecule has 0 spiro atoms. The van der Waals surface area contributed by atoms with Crippen molar-refractivity contribution in [2.75, 3.05) is 5.75 Å². The zero-order chi connectivity index (χ0) is 26.2. The fourth-order valence-electron chi connectivity index (χ4n) is 4.05. The van der Waals surface area contributed by atoms with Crippen LogP contribution in [0.1, 0.15) is 16.4 Å². The molecular formula is C22H19N4NaO8S2. The molecule has 1 aromatic heterocycles. The third-order valence-electron chi connectivity index (χ3n) is 5.70. The molecule has 3 atom stereocenters. The van der Waals surface area contributed by atoms with Crippen LogP contribution in [-0.4, -0.2) is 63.8 Å². The first-order chi connectivity index (χ1) is 17.0. The molecule has 3 heterocycles. The number of thioether (sulfide) groups is 1. The van der Waals surface area contributed by atoms with Crippen molar-refractivity contribution in [2.24, 2.45) is 0 Å². The zero-order valence-corrected chi connectivity index (χ0v) is 23.0. The van der Waals surface area contributed by atoms with Crippen molar-refractivity contribution in [3.8, 4) is 0 Å². The van der Waals surface area contributed by atoms with Crippen LogP contribution in [-0.2, 0) is 31.0 Å². The number of amides is 2. The summed E-state index contributed by atoms with van der Waals surface area (Å²) in [4.78, 5) is 38.7. The summed E-state index contributed by atoms with van der Waals surface area (Å²) in [5.41, 5.74) is 0.273. The summed E-state index contributed by atoms with van der Waals surface area (Å²) in [6.45, 7) is 0.0964. The molecule has 2 amide bonds. The molecule has 2 aliphatic rings. The fourth-order valence-corrected chi connectivity index (χ4v) is 6.20. The molecule has 12 nitrogen and oxygen atoms in total. The minimum absolute atomic E-state index is 0. The van der Waals surface area contributed by atoms with Crippen LogP contribution in [0, 0.1) is 5.41 Å². The Balaban J connectivity index is 0.00000380. The molecular weight excluding hydrogens is 535 g/mol. The minimum atomic E-state index is -5.10. The molecule has 37 heavy (non-hydrogen) atoms. The summed E-state index contributed by atoms with van der Waals surface area (Å²) < 4.78 is 37.0. The minimum Gasteiger partial charge on any atom is -0.859 e. The number of hydrogen-bond acceptors (Lipinski definition) is 9. The molecule has 0 unspecified atom stereocenters. The Hall–Kier alpha value is -2.75. The van der Waals surface area contributed by atoms with Crippen molar-refractivity contribution in [1.29, 1.82) is 5.41 Å². The van der Waals surface area contributed by atoms with E-state index in [1.165, 1.54) is 60.6 Å². The molecule has 0 saturated carbocycles. The number of aliphatic carboxylic acids is 1. The number of carbonyl (C=O) groups is 3. The third-order valence-corrected chi connectivity index (χ3v) is 8.11. The van der Waals surface area contributed by atoms with Crippen molar-refractivity contribution >= 4 is 45.6 Å². The van der Waals surface area contributed by atoms with E-state index in [0.717, 1.165) is 4.90 Å². The molecule has 1 fully saturated rings. The van der Waals surface area contributed by atoms with Gasteiger partial charge < -0.3 is 25.5 Å². The number of rotatable bonds is 8. The molecule has 0 radical (unpaired) electrons. The molecule has 0 bridgehead atoms. The molecule has 0 aliphatic carbocycles. The van der Waals surface area contributed by atoms with Gasteiger partial charge in [0.25, 0.3) is 5.91 Å². The van der Waals surface area contributed by atoms with Gasteiger partial charge in [0.05, 0.1) is 0 Å². The number of pyridine rings is 1. The van der Waals surface area contributed by atoms with Gasteiger partial charge in [0.15, 0.2) is 24.2 Å². The van der Waals surface area contributed by atoms with Crippen molar-refractivity contribution in [3.05, 3.63) is 77.3 Å². The van der Waals surface area contributed by atoms with E-state index < -0.39 is 50.5 Å². The summed E-state index contributed by atoms with van der Waals surface area (Å²) in [7, 11) is -5.10. The maximum absolute atomic E-state index is 12.9. The Morgan fingerprint density at radius 1 is 1.22 bits per heavy atom. The summed E-state index contributed by atoms with van der Waals surface area (Å²) in [5, 5.41) is 27.5. The first-order valence-electron chi connectivity index (χ1n) is 10.4. The van der Waals surface area contributed by atoms with Crippen molar-refractivity contribution in [1.82, 2.24) is 10.2 Å². The maximum atomic E-state index is 12.9. The molecule has 3 N–H and O–H groups in total. The van der Waals surface area contributed by atoms with Crippen molar-refractivity contribution in [3.63, 3.8) is 0 Å². The van der Waals surface area contributed by atoms with Gasteiger partial charge in [-0.3, -0.25) is 14.5 Å². The molecule has 15 heteroatoms. The smallest absolute Gasteiger partial charge is 0.859 e. The summed E-state index contributed by atoms with van der Waals surface area (Å²) in [5.74, 6) is -3.93. The predicted molar refractivity (Wildman–Crippen MR) is 122 cm³/mol. The number of β-lactam (4-membered cyclic amide) rings is 1. The Labute approximate surface area is 237 Å². The quantitative estimate of drug-likeness (QED) is 0.0722. The maximum Gasteiger partial charge on any atom is 1.00 e. The van der Waals surface area contributed by atoms with Crippen LogP contribution in [0.3, 0.4) is 0 Å². The Bertz CT molecular complexity index is 1380. The fraction of sp³-hybridized carbons (Fsp3) is 0.227. The van der Waals surface area contributed by atoms with Crippen molar-refractivity contribution in [2.45, 2.75) is 23.2 Å². The van der Waals surface area contributed by atoms with Gasteiger partial charge in [-0.2, -0.15) is 0 Å². The van der Waals surface area contributed by atoms with Gasteiger partial charge in [0.1, 0.15) is 27.2 Å². The first-order valence-corrected chi connectivity index (χ1v) is 13.0. The molecule has 2 aliphatic heterocycles. The average molecular weight is 555 g/mol. The number of carboxylic acid groups (broad SMARTS) is 1. The Morgan fingerprint density at radius 2 is 1.84 bits per heavy atom. The Kier molecular flexibility index (Phi) is 8.82. The van der Waals surface area contributed by atoms with E-state index in [4.69, 9.17) is 5.41 Å². The monoisotopic (exact) mass is 554 g/mol. The molecule has 2 aromatic rings. The normalized spacial score (nSPS) is 19.7. The second-order valence-corrected chi connectivity index (χ2v) is 10.6. The van der Waals surface area contributed by atoms with E-state index in [1.807, 2.05) is 0 Å². The summed E-state index contributed by atoms with van der Waals surface area (Å²) >= 11 is 1.18. The zero-order valence-electron chi connectivity index (χ0n) is 19.4. The summed E-state index contributed by atoms with van der Waals surface area (Å²) in [6.07, 6.45) is 3.03. The number of benzene rings is 1. The number of carboxylic acids is 1. The van der Waals surface area contributed by atoms with E-state index in [-0.39, 0.29) is 58.7 Å². The van der Waals surface area contributed by atoms with E-state index in [9.17, 15) is 37.6 Å². The number of aromatic nitrogens is 1. The van der Waals surface area contributed by atoms with Crippen LogP contribution in [0.5, 0.6) is 0 Å². The van der Waals surface area contributed by atoms with E-state index in [2.05, 4.69) is 5.32 Å². The SMILES string of the molecule is N=C([O-])c1cc[n+](CC2=C(C(=O)O)N3C(=O)[C@@H](NC(=O)[C@@H](c4ccccc4)S(=O)(=O)[O-])[C@H]3SC2)cc1.[Na+]. The molecule has 1 saturated heterocycles. The van der Waals surface area contributed by atoms with Crippen LogP contribution in [0.25, 0.3) is 0 Å². The van der Waals surface area contributed by atoms with Crippen LogP contribution < -0.4 is 44.5 Å².